The number of benzene rings is 2. The van der Waals surface area contributed by atoms with Gasteiger partial charge in [0.2, 0.25) is 23.6 Å². The highest BCUT2D eigenvalue weighted by Crippen LogP contribution is 2.41. The minimum absolute atomic E-state index is 0.00441. The van der Waals surface area contributed by atoms with Crippen molar-refractivity contribution in [1.82, 2.24) is 30.3 Å². The fourth-order valence-corrected chi connectivity index (χ4v) is 8.55. The lowest BCUT2D eigenvalue weighted by molar-refractivity contribution is -0.138. The van der Waals surface area contributed by atoms with E-state index in [0.717, 1.165) is 52.6 Å². The van der Waals surface area contributed by atoms with E-state index in [1.165, 1.54) is 0 Å². The molecule has 2 atom stereocenters. The maximum Gasteiger partial charge on any atom is 0.305 e. The van der Waals surface area contributed by atoms with E-state index < -0.39 is 58.7 Å². The summed E-state index contributed by atoms with van der Waals surface area (Å²) in [5, 5.41) is 17.0. The van der Waals surface area contributed by atoms with Gasteiger partial charge in [-0.15, -0.1) is 11.8 Å². The number of ether oxygens (including phenoxy) is 4. The first-order chi connectivity index (χ1) is 35.0. The quantitative estimate of drug-likeness (QED) is 0.0419. The molecule has 2 heterocycles. The van der Waals surface area contributed by atoms with Crippen molar-refractivity contribution in [2.75, 3.05) is 97.1 Å². The van der Waals surface area contributed by atoms with Crippen LogP contribution in [0.25, 0.3) is 11.1 Å². The van der Waals surface area contributed by atoms with Gasteiger partial charge in [0.25, 0.3) is 11.8 Å². The number of imide groups is 1. The molecule has 0 bridgehead atoms. The van der Waals surface area contributed by atoms with Crippen LogP contribution in [0.1, 0.15) is 63.8 Å². The van der Waals surface area contributed by atoms with Crippen molar-refractivity contribution in [3.05, 3.63) is 95.8 Å². The number of aromatic nitrogens is 1. The first-order valence-corrected chi connectivity index (χ1v) is 25.3. The van der Waals surface area contributed by atoms with Crippen molar-refractivity contribution in [2.45, 2.75) is 65.1 Å². The SMILES string of the molecule is CC(C)(C)C(c1cc(-c2cc(F)ccc2F)cn1Cc1ccccc1)N(CCCN)C(=O)CSCC(NC(=O)CCOCCOCCOCCOCCNC(=O)CCN1C(=O)C=CC1=O)C(=O)NCCC(=O)O. The largest absolute Gasteiger partial charge is 0.481 e. The Morgan fingerprint density at radius 3 is 2.07 bits per heavy atom. The Morgan fingerprint density at radius 1 is 0.795 bits per heavy atom. The third-order valence-corrected chi connectivity index (χ3v) is 12.1. The molecule has 0 radical (unpaired) electrons. The van der Waals surface area contributed by atoms with Crippen LogP contribution in [0.15, 0.2) is 72.9 Å². The van der Waals surface area contributed by atoms with Crippen molar-refractivity contribution < 1.29 is 66.4 Å². The molecule has 0 fully saturated rings. The maximum absolute atomic E-state index is 15.2. The van der Waals surface area contributed by atoms with Gasteiger partial charge >= 0.3 is 5.97 Å². The van der Waals surface area contributed by atoms with Crippen molar-refractivity contribution >= 4 is 53.2 Å². The highest BCUT2D eigenvalue weighted by atomic mass is 32.2. The van der Waals surface area contributed by atoms with Crippen LogP contribution in [-0.4, -0.2) is 164 Å². The number of carbonyl (C=O) groups excluding carboxylic acids is 6. The molecule has 6 amide bonds. The van der Waals surface area contributed by atoms with Crippen molar-refractivity contribution in [2.24, 2.45) is 11.1 Å². The molecule has 2 unspecified atom stereocenters. The Kier molecular flexibility index (Phi) is 25.7. The summed E-state index contributed by atoms with van der Waals surface area (Å²) in [6.07, 6.45) is 4.11. The van der Waals surface area contributed by atoms with Crippen LogP contribution in [0.3, 0.4) is 0 Å². The molecule has 22 heteroatoms. The summed E-state index contributed by atoms with van der Waals surface area (Å²) >= 11 is 1.12. The van der Waals surface area contributed by atoms with E-state index in [9.17, 15) is 38.0 Å². The number of nitrogens with two attached hydrogens (primary N) is 1. The highest BCUT2D eigenvalue weighted by Gasteiger charge is 2.37. The average Bonchev–Trinajstić information content (AvgIpc) is 3.90. The van der Waals surface area contributed by atoms with Crippen LogP contribution >= 0.6 is 11.8 Å². The molecule has 19 nitrogen and oxygen atoms in total. The number of hydrogen-bond donors (Lipinski definition) is 5. The normalized spacial score (nSPS) is 13.3. The van der Waals surface area contributed by atoms with Gasteiger partial charge < -0.3 is 55.2 Å². The van der Waals surface area contributed by atoms with Crippen LogP contribution in [0.5, 0.6) is 0 Å². The van der Waals surface area contributed by atoms with Crippen molar-refractivity contribution in [3.8, 4) is 11.1 Å². The molecule has 0 saturated carbocycles. The summed E-state index contributed by atoms with van der Waals surface area (Å²) in [6.45, 7) is 8.81. The standard InChI is InChI=1S/C51H69F2N7O12S/c1-51(2,3)49(42-30-37(39-31-38(52)10-11-40(39)53)33-58(42)32-36-8-5-4-6-9-36)60(20-7-17-54)47(65)35-73-34-41(50(68)56-18-14-48(66)67)57-44(62)16-22-69-24-26-71-28-29-72-27-25-70-23-19-55-43(61)15-21-59-45(63)12-13-46(59)64/h4-6,8-13,30-31,33,41,49H,7,14-29,32,34-35,54H2,1-3H3,(H,55,61)(H,56,68)(H,57,62)(H,66,67). The van der Waals surface area contributed by atoms with Crippen LogP contribution in [-0.2, 0) is 59.1 Å². The molecule has 1 aliphatic heterocycles. The molecule has 3 aromatic rings. The van der Waals surface area contributed by atoms with Gasteiger partial charge in [-0.1, -0.05) is 51.1 Å². The molecule has 1 aliphatic rings. The van der Waals surface area contributed by atoms with Gasteiger partial charge in [0, 0.05) is 86.5 Å². The molecule has 6 N–H and O–H groups in total. The molecule has 4 rings (SSSR count). The Hall–Kier alpha value is -6.04. The third kappa shape index (κ3) is 21.1. The molecule has 0 spiro atoms. The summed E-state index contributed by atoms with van der Waals surface area (Å²) in [6, 6.07) is 13.0. The second kappa shape index (κ2) is 31.5. The lowest BCUT2D eigenvalue weighted by Crippen LogP contribution is -2.49. The monoisotopic (exact) mass is 1040 g/mol. The first kappa shape index (κ1) is 59.5. The fourth-order valence-electron chi connectivity index (χ4n) is 7.63. The fraction of sp³-hybridized carbons (Fsp3) is 0.510. The van der Waals surface area contributed by atoms with Gasteiger partial charge in [0.1, 0.15) is 17.7 Å². The number of hydrogen-bond acceptors (Lipinski definition) is 13. The predicted molar refractivity (Wildman–Crippen MR) is 269 cm³/mol. The number of nitrogens with one attached hydrogen (secondary N) is 3. The number of carboxylic acid groups (broad SMARTS) is 1. The summed E-state index contributed by atoms with van der Waals surface area (Å²) in [5.41, 5.74) is 7.56. The van der Waals surface area contributed by atoms with Gasteiger partial charge in [-0.25, -0.2) is 8.78 Å². The smallest absolute Gasteiger partial charge is 0.305 e. The van der Waals surface area contributed by atoms with E-state index in [1.54, 1.807) is 17.2 Å². The topological polar surface area (TPSA) is 250 Å². The lowest BCUT2D eigenvalue weighted by Gasteiger charge is -2.41. The molecule has 0 aliphatic carbocycles. The van der Waals surface area contributed by atoms with Crippen molar-refractivity contribution in [3.63, 3.8) is 0 Å². The third-order valence-electron chi connectivity index (χ3n) is 11.1. The number of aliphatic carboxylic acids is 1. The number of nitrogens with zero attached hydrogens (tertiary/aromatic N) is 3. The number of carboxylic acids is 1. The van der Waals surface area contributed by atoms with Crippen LogP contribution in [0.4, 0.5) is 8.78 Å². The summed E-state index contributed by atoms with van der Waals surface area (Å²) in [5.74, 6) is -5.02. The minimum Gasteiger partial charge on any atom is -0.481 e. The van der Waals surface area contributed by atoms with Crippen molar-refractivity contribution in [1.29, 1.82) is 0 Å². The van der Waals surface area contributed by atoms with Gasteiger partial charge in [-0.3, -0.25) is 38.5 Å². The van der Waals surface area contributed by atoms with Gasteiger partial charge in [-0.2, -0.15) is 0 Å². The minimum atomic E-state index is -1.12. The number of amides is 6. The summed E-state index contributed by atoms with van der Waals surface area (Å²) < 4.78 is 53.6. The molecule has 1 aromatic heterocycles. The zero-order valence-corrected chi connectivity index (χ0v) is 42.6. The van der Waals surface area contributed by atoms with E-state index in [0.29, 0.717) is 30.8 Å². The maximum atomic E-state index is 15.2. The van der Waals surface area contributed by atoms with E-state index in [4.69, 9.17) is 29.8 Å². The second-order valence-electron chi connectivity index (χ2n) is 17.9. The Labute approximate surface area is 428 Å². The average molecular weight is 1040 g/mol. The Balaban J connectivity index is 1.24. The summed E-state index contributed by atoms with van der Waals surface area (Å²) in [7, 11) is 0. The molecular weight excluding hydrogens is 973 g/mol. The zero-order chi connectivity index (χ0) is 53.2. The van der Waals surface area contributed by atoms with Crippen LogP contribution in [0, 0.1) is 17.0 Å². The van der Waals surface area contributed by atoms with Gasteiger partial charge in [0.05, 0.1) is 71.1 Å². The molecule has 73 heavy (non-hydrogen) atoms. The summed E-state index contributed by atoms with van der Waals surface area (Å²) in [4.78, 5) is 89.7. The van der Waals surface area contributed by atoms with Gasteiger partial charge in [-0.05, 0) is 48.2 Å². The van der Waals surface area contributed by atoms with E-state index >= 15 is 4.39 Å². The number of rotatable bonds is 35. The van der Waals surface area contributed by atoms with Crippen LogP contribution in [0.2, 0.25) is 0 Å². The van der Waals surface area contributed by atoms with E-state index in [-0.39, 0.29) is 127 Å². The predicted octanol–water partition coefficient (Wildman–Crippen LogP) is 3.44. The van der Waals surface area contributed by atoms with Crippen LogP contribution < -0.4 is 21.7 Å². The Morgan fingerprint density at radius 2 is 1.44 bits per heavy atom. The lowest BCUT2D eigenvalue weighted by atomic mass is 9.83. The first-order valence-electron chi connectivity index (χ1n) is 24.1. The van der Waals surface area contributed by atoms with E-state index in [2.05, 4.69) is 16.0 Å². The number of thioether (sulfide) groups is 1. The molecular formula is C51H69F2N7O12S. The molecule has 400 valence electrons. The number of halogens is 2. The second-order valence-corrected chi connectivity index (χ2v) is 19.0. The molecule has 2 aromatic carbocycles. The van der Waals surface area contributed by atoms with Gasteiger partial charge in [0.15, 0.2) is 0 Å². The molecule has 0 saturated heterocycles. The zero-order valence-electron chi connectivity index (χ0n) is 41.7. The van der Waals surface area contributed by atoms with E-state index in [1.807, 2.05) is 55.7 Å². The Bertz CT molecular complexity index is 2300. The number of carbonyl (C=O) groups is 7. The highest BCUT2D eigenvalue weighted by molar-refractivity contribution is 8.00.